The topological polar surface area (TPSA) is 222 Å². The van der Waals surface area contributed by atoms with E-state index in [-0.39, 0.29) is 11.3 Å². The number of carbonyl (C=O) groups is 5. The van der Waals surface area contributed by atoms with E-state index in [2.05, 4.69) is 0 Å². The van der Waals surface area contributed by atoms with Crippen LogP contribution in [-0.4, -0.2) is 66.6 Å². The smallest absolute Gasteiger partial charge is 0.306 e. The molecular formula is C24H23NO11. The summed E-state index contributed by atoms with van der Waals surface area (Å²) in [7, 11) is 0. The van der Waals surface area contributed by atoms with Gasteiger partial charge in [-0.05, 0) is 17.5 Å². The fraction of sp³-hybridized carbons (Fsp3) is 0.375. The van der Waals surface area contributed by atoms with Gasteiger partial charge in [-0.3, -0.25) is 24.0 Å². The molecule has 0 aromatic heterocycles. The van der Waals surface area contributed by atoms with E-state index in [4.69, 9.17) is 15.6 Å². The molecule has 1 saturated carbocycles. The Bertz CT molecular complexity index is 1290. The van der Waals surface area contributed by atoms with Crippen molar-refractivity contribution in [2.24, 2.45) is 17.6 Å². The molecule has 5 unspecified atom stereocenters. The minimum atomic E-state index is -2.97. The van der Waals surface area contributed by atoms with Crippen LogP contribution in [0.3, 0.4) is 0 Å². The van der Waals surface area contributed by atoms with E-state index in [1.807, 2.05) is 0 Å². The van der Waals surface area contributed by atoms with Crippen molar-refractivity contribution in [1.82, 2.24) is 0 Å². The first-order valence-corrected chi connectivity index (χ1v) is 11.0. The van der Waals surface area contributed by atoms with Gasteiger partial charge in [0.15, 0.2) is 11.4 Å². The highest BCUT2D eigenvalue weighted by Crippen LogP contribution is 2.56. The predicted octanol–water partition coefficient (Wildman–Crippen LogP) is 0.371. The summed E-state index contributed by atoms with van der Waals surface area (Å²) in [6, 6.07) is 4.32. The largest absolute Gasteiger partial charge is 0.508 e. The summed E-state index contributed by atoms with van der Waals surface area (Å²) in [4.78, 5) is 61.7. The second kappa shape index (κ2) is 8.48. The summed E-state index contributed by atoms with van der Waals surface area (Å²) < 4.78 is 5.53. The molecule has 1 fully saturated rings. The van der Waals surface area contributed by atoms with E-state index in [1.54, 1.807) is 13.0 Å². The highest BCUT2D eigenvalue weighted by atomic mass is 16.5. The minimum Gasteiger partial charge on any atom is -0.508 e. The minimum absolute atomic E-state index is 0.104. The highest BCUT2D eigenvalue weighted by molar-refractivity contribution is 6.23. The number of aliphatic carboxylic acids is 1. The molecule has 0 saturated heterocycles. The van der Waals surface area contributed by atoms with Crippen LogP contribution in [0.2, 0.25) is 0 Å². The molecule has 0 bridgehead atoms. The van der Waals surface area contributed by atoms with Crippen LogP contribution in [0, 0.1) is 11.8 Å². The van der Waals surface area contributed by atoms with Crippen molar-refractivity contribution >= 4 is 35.2 Å². The zero-order chi connectivity index (χ0) is 26.7. The molecule has 1 amide bonds. The third-order valence-corrected chi connectivity index (χ3v) is 7.15. The third-order valence-electron chi connectivity index (χ3n) is 7.15. The molecule has 0 heterocycles. The number of amides is 1. The first kappa shape index (κ1) is 24.9. The Morgan fingerprint density at radius 2 is 1.81 bits per heavy atom. The number of aliphatic hydroxyl groups excluding tert-OH is 2. The van der Waals surface area contributed by atoms with Gasteiger partial charge in [0.1, 0.15) is 28.9 Å². The monoisotopic (exact) mass is 501 g/mol. The summed E-state index contributed by atoms with van der Waals surface area (Å²) in [6.07, 6.45) is -3.39. The lowest BCUT2D eigenvalue weighted by atomic mass is 9.55. The number of carboxylic acid groups (broad SMARTS) is 1. The highest BCUT2D eigenvalue weighted by Gasteiger charge is 2.66. The maximum atomic E-state index is 13.7. The molecule has 3 aliphatic carbocycles. The fourth-order valence-electron chi connectivity index (χ4n) is 5.50. The molecule has 36 heavy (non-hydrogen) atoms. The number of phenolic OH excluding ortho intramolecular Hbond substituents is 1. The Hall–Kier alpha value is -4.19. The fourth-order valence-corrected chi connectivity index (χ4v) is 5.50. The van der Waals surface area contributed by atoms with Crippen molar-refractivity contribution in [3.8, 4) is 5.75 Å². The Kier molecular flexibility index (Phi) is 5.87. The number of carboxylic acids is 1. The van der Waals surface area contributed by atoms with Gasteiger partial charge in [-0.15, -0.1) is 0 Å². The molecule has 1 aromatic carbocycles. The van der Waals surface area contributed by atoms with Crippen LogP contribution in [-0.2, 0) is 28.7 Å². The predicted molar refractivity (Wildman–Crippen MR) is 118 cm³/mol. The number of nitrogens with two attached hydrogens (primary N) is 1. The maximum absolute atomic E-state index is 13.7. The molecule has 7 N–H and O–H groups in total. The summed E-state index contributed by atoms with van der Waals surface area (Å²) in [5.74, 6) is -11.9. The van der Waals surface area contributed by atoms with Crippen molar-refractivity contribution in [2.75, 3.05) is 0 Å². The Morgan fingerprint density at radius 1 is 1.14 bits per heavy atom. The number of aromatic hydroxyl groups is 1. The second-order valence-corrected chi connectivity index (χ2v) is 9.08. The quantitative estimate of drug-likeness (QED) is 0.239. The average Bonchev–Trinajstić information content (AvgIpc) is 2.79. The molecule has 5 atom stereocenters. The summed E-state index contributed by atoms with van der Waals surface area (Å²) in [6.45, 7) is 1.61. The number of carbonyl (C=O) groups excluding carboxylic acids is 4. The lowest BCUT2D eigenvalue weighted by Gasteiger charge is -2.51. The number of ether oxygens (including phenoxy) is 1. The van der Waals surface area contributed by atoms with E-state index in [0.29, 0.717) is 5.56 Å². The van der Waals surface area contributed by atoms with Gasteiger partial charge in [-0.2, -0.15) is 0 Å². The molecule has 0 spiro atoms. The zero-order valence-electron chi connectivity index (χ0n) is 18.9. The van der Waals surface area contributed by atoms with E-state index < -0.39 is 101 Å². The number of esters is 1. The number of primary amides is 1. The number of hydrogen-bond donors (Lipinski definition) is 6. The summed E-state index contributed by atoms with van der Waals surface area (Å²) in [5.41, 5.74) is 1.00. The number of ketones is 2. The normalized spacial score (nSPS) is 29.3. The van der Waals surface area contributed by atoms with Crippen LogP contribution in [0.15, 0.2) is 35.1 Å². The Labute approximate surface area is 203 Å². The lowest BCUT2D eigenvalue weighted by Crippen LogP contribution is -2.64. The van der Waals surface area contributed by atoms with Gasteiger partial charge in [0.2, 0.25) is 5.78 Å². The number of Topliss-reactive ketones (excluding diaryl/α,β-unsaturated/α-hetero) is 2. The first-order valence-electron chi connectivity index (χ1n) is 11.0. The number of aliphatic hydroxyl groups is 3. The Morgan fingerprint density at radius 3 is 2.42 bits per heavy atom. The lowest BCUT2D eigenvalue weighted by molar-refractivity contribution is -0.179. The van der Waals surface area contributed by atoms with E-state index >= 15 is 0 Å². The van der Waals surface area contributed by atoms with E-state index in [1.165, 1.54) is 12.1 Å². The van der Waals surface area contributed by atoms with Crippen molar-refractivity contribution in [2.45, 2.75) is 43.8 Å². The number of fused-ring (bicyclic) bond motifs is 3. The molecular weight excluding hydrogens is 478 g/mol. The standard InChI is InChI=1S/C24H23NO11/c1-8-9-3-2-4-11(26)16(9)19(31)18-15(8)20(36-14(30)6-5-13(28)29)10-7-12(27)17(23(25)34)21(32)24(10,35)22(18)33/h2-4,8,10,15,20,26,31-32,35H,5-7H2,1H3,(H2,25,34)(H,28,29). The van der Waals surface area contributed by atoms with E-state index in [0.717, 1.165) is 0 Å². The first-order chi connectivity index (χ1) is 16.8. The average molecular weight is 501 g/mol. The third kappa shape index (κ3) is 3.44. The molecule has 4 rings (SSSR count). The van der Waals surface area contributed by atoms with Gasteiger partial charge in [0.05, 0.1) is 18.4 Å². The van der Waals surface area contributed by atoms with Crippen LogP contribution in [0.5, 0.6) is 5.75 Å². The van der Waals surface area contributed by atoms with Gasteiger partial charge in [-0.1, -0.05) is 19.1 Å². The maximum Gasteiger partial charge on any atom is 0.306 e. The molecule has 0 aliphatic heterocycles. The van der Waals surface area contributed by atoms with Gasteiger partial charge < -0.3 is 36.0 Å². The molecule has 190 valence electrons. The molecule has 0 radical (unpaired) electrons. The van der Waals surface area contributed by atoms with Gasteiger partial charge in [0, 0.05) is 23.8 Å². The summed E-state index contributed by atoms with van der Waals surface area (Å²) in [5, 5.41) is 52.6. The molecule has 12 nitrogen and oxygen atoms in total. The zero-order valence-corrected chi connectivity index (χ0v) is 18.9. The van der Waals surface area contributed by atoms with Gasteiger partial charge in [-0.25, -0.2) is 0 Å². The Balaban J connectivity index is 1.96. The van der Waals surface area contributed by atoms with Gasteiger partial charge in [0.25, 0.3) is 5.91 Å². The molecule has 1 aromatic rings. The number of phenols is 1. The number of rotatable bonds is 5. The van der Waals surface area contributed by atoms with Crippen LogP contribution < -0.4 is 5.73 Å². The van der Waals surface area contributed by atoms with Crippen LogP contribution in [0.4, 0.5) is 0 Å². The van der Waals surface area contributed by atoms with Crippen molar-refractivity contribution < 1.29 is 54.2 Å². The van der Waals surface area contributed by atoms with Crippen molar-refractivity contribution in [3.63, 3.8) is 0 Å². The SMILES string of the molecule is CC1c2cccc(O)c2C(O)=C2C(=O)C3(O)C(O)=C(C(N)=O)C(=O)CC3C(OC(=O)CCC(=O)O)C21. The summed E-state index contributed by atoms with van der Waals surface area (Å²) >= 11 is 0. The molecule has 3 aliphatic rings. The van der Waals surface area contributed by atoms with Crippen molar-refractivity contribution in [3.05, 3.63) is 46.2 Å². The van der Waals surface area contributed by atoms with Crippen LogP contribution in [0.25, 0.3) is 5.76 Å². The van der Waals surface area contributed by atoms with Crippen LogP contribution in [0.1, 0.15) is 43.2 Å². The second-order valence-electron chi connectivity index (χ2n) is 9.08. The van der Waals surface area contributed by atoms with Crippen LogP contribution >= 0.6 is 0 Å². The van der Waals surface area contributed by atoms with E-state index in [9.17, 15) is 44.4 Å². The van der Waals surface area contributed by atoms with Crippen molar-refractivity contribution in [1.29, 1.82) is 0 Å². The number of benzene rings is 1. The van der Waals surface area contributed by atoms with Gasteiger partial charge >= 0.3 is 11.9 Å². The number of hydrogen-bond acceptors (Lipinski definition) is 10. The molecule has 12 heteroatoms.